The van der Waals surface area contributed by atoms with Crippen LogP contribution in [0, 0.1) is 11.3 Å². The first-order valence-corrected chi connectivity index (χ1v) is 9.50. The number of rotatable bonds is 8. The van der Waals surface area contributed by atoms with Crippen molar-refractivity contribution in [1.82, 2.24) is 0 Å². The minimum Gasteiger partial charge on any atom is -0.493 e. The summed E-state index contributed by atoms with van der Waals surface area (Å²) in [5.74, 6) is 2.32. The molecule has 0 radical (unpaired) electrons. The van der Waals surface area contributed by atoms with Gasteiger partial charge in [-0.2, -0.15) is 0 Å². The summed E-state index contributed by atoms with van der Waals surface area (Å²) >= 11 is 0. The van der Waals surface area contributed by atoms with Crippen LogP contribution in [0.1, 0.15) is 52.0 Å². The predicted octanol–water partition coefficient (Wildman–Crippen LogP) is 5.46. The van der Waals surface area contributed by atoms with Crippen molar-refractivity contribution in [2.45, 2.75) is 46.5 Å². The zero-order valence-corrected chi connectivity index (χ0v) is 17.4. The lowest BCUT2D eigenvalue weighted by atomic mass is 9.67. The van der Waals surface area contributed by atoms with E-state index in [2.05, 4.69) is 26.8 Å². The van der Waals surface area contributed by atoms with Gasteiger partial charge in [0.15, 0.2) is 17.3 Å². The van der Waals surface area contributed by atoms with Gasteiger partial charge in [0.1, 0.15) is 0 Å². The lowest BCUT2D eigenvalue weighted by Gasteiger charge is -2.38. The van der Waals surface area contributed by atoms with E-state index in [-0.39, 0.29) is 11.2 Å². The summed E-state index contributed by atoms with van der Waals surface area (Å²) in [6.45, 7) is 6.82. The number of allylic oxidation sites excluding steroid dienone is 3. The van der Waals surface area contributed by atoms with Crippen LogP contribution in [0.5, 0.6) is 17.2 Å². The normalized spacial score (nSPS) is 18.9. The predicted molar refractivity (Wildman–Crippen MR) is 110 cm³/mol. The summed E-state index contributed by atoms with van der Waals surface area (Å²) < 4.78 is 16.0. The van der Waals surface area contributed by atoms with Crippen molar-refractivity contribution in [2.75, 3.05) is 21.3 Å². The van der Waals surface area contributed by atoms with Gasteiger partial charge in [-0.3, -0.25) is 4.79 Å². The maximum absolute atomic E-state index is 12.4. The van der Waals surface area contributed by atoms with Crippen LogP contribution in [0.3, 0.4) is 0 Å². The summed E-state index contributed by atoms with van der Waals surface area (Å²) in [7, 11) is 4.73. The van der Waals surface area contributed by atoms with Crippen LogP contribution >= 0.6 is 0 Å². The molecular formula is C23H32O4. The van der Waals surface area contributed by atoms with E-state index in [1.165, 1.54) is 12.0 Å². The van der Waals surface area contributed by atoms with Gasteiger partial charge in [0.2, 0.25) is 5.75 Å². The molecule has 4 nitrogen and oxygen atoms in total. The van der Waals surface area contributed by atoms with E-state index in [0.717, 1.165) is 18.4 Å². The first-order valence-electron chi connectivity index (χ1n) is 9.50. The van der Waals surface area contributed by atoms with Crippen LogP contribution in [0.15, 0.2) is 29.9 Å². The van der Waals surface area contributed by atoms with Gasteiger partial charge in [0.25, 0.3) is 0 Å². The number of benzene rings is 1. The highest BCUT2D eigenvalue weighted by Crippen LogP contribution is 2.43. The third kappa shape index (κ3) is 5.15. The van der Waals surface area contributed by atoms with Gasteiger partial charge in [-0.05, 0) is 61.3 Å². The Morgan fingerprint density at radius 3 is 2.30 bits per heavy atom. The number of ketones is 1. The van der Waals surface area contributed by atoms with Gasteiger partial charge in [0, 0.05) is 6.42 Å². The van der Waals surface area contributed by atoms with Gasteiger partial charge >= 0.3 is 0 Å². The number of ether oxygens (including phenoxy) is 3. The molecule has 1 aromatic carbocycles. The molecule has 0 spiro atoms. The number of hydrogen-bond donors (Lipinski definition) is 0. The van der Waals surface area contributed by atoms with Crippen molar-refractivity contribution >= 4 is 11.9 Å². The van der Waals surface area contributed by atoms with Crippen molar-refractivity contribution in [3.63, 3.8) is 0 Å². The third-order valence-corrected chi connectivity index (χ3v) is 5.58. The highest BCUT2D eigenvalue weighted by molar-refractivity contribution is 5.93. The molecule has 0 N–H and O–H groups in total. The van der Waals surface area contributed by atoms with Gasteiger partial charge < -0.3 is 14.2 Å². The van der Waals surface area contributed by atoms with E-state index in [9.17, 15) is 4.79 Å². The Balaban J connectivity index is 2.06. The highest BCUT2D eigenvalue weighted by atomic mass is 16.5. The zero-order chi connectivity index (χ0) is 20.0. The van der Waals surface area contributed by atoms with E-state index < -0.39 is 0 Å². The molecule has 2 rings (SSSR count). The highest BCUT2D eigenvalue weighted by Gasteiger charge is 2.32. The van der Waals surface area contributed by atoms with Crippen molar-refractivity contribution in [3.05, 3.63) is 35.4 Å². The van der Waals surface area contributed by atoms with Crippen molar-refractivity contribution in [3.8, 4) is 17.2 Å². The second kappa shape index (κ2) is 9.12. The van der Waals surface area contributed by atoms with Gasteiger partial charge in [-0.1, -0.05) is 31.6 Å². The number of hydrogen-bond acceptors (Lipinski definition) is 4. The standard InChI is InChI=1S/C23H32O4/c1-16-8-7-13-23(2,3)19(16)12-11-18(24)10-9-17-14-20(25-4)22(27-6)21(15-17)26-5/h8-10,14-15,19H,7,11-13H2,1-6H3/b10-9+. The molecule has 1 unspecified atom stereocenters. The molecule has 27 heavy (non-hydrogen) atoms. The molecule has 148 valence electrons. The molecule has 1 atom stereocenters. The Morgan fingerprint density at radius 1 is 1.15 bits per heavy atom. The SMILES string of the molecule is COc1cc(/C=C/C(=O)CCC2C(C)=CCCC2(C)C)cc(OC)c1OC. The molecule has 1 aliphatic carbocycles. The summed E-state index contributed by atoms with van der Waals surface area (Å²) in [6.07, 6.45) is 9.56. The molecule has 1 aromatic rings. The molecule has 0 bridgehead atoms. The minimum atomic E-state index is 0.137. The van der Waals surface area contributed by atoms with Gasteiger partial charge in [-0.15, -0.1) is 0 Å². The molecule has 0 fully saturated rings. The quantitative estimate of drug-likeness (QED) is 0.449. The maximum Gasteiger partial charge on any atom is 0.203 e. The third-order valence-electron chi connectivity index (χ3n) is 5.58. The van der Waals surface area contributed by atoms with Crippen molar-refractivity contribution in [2.24, 2.45) is 11.3 Å². The number of methoxy groups -OCH3 is 3. The van der Waals surface area contributed by atoms with Gasteiger partial charge in [0.05, 0.1) is 21.3 Å². The van der Waals surface area contributed by atoms with E-state index in [4.69, 9.17) is 14.2 Å². The average Bonchev–Trinajstić information content (AvgIpc) is 2.64. The molecule has 0 aromatic heterocycles. The van der Waals surface area contributed by atoms with Gasteiger partial charge in [-0.25, -0.2) is 0 Å². The Hall–Kier alpha value is -2.23. The lowest BCUT2D eigenvalue weighted by Crippen LogP contribution is -2.28. The maximum atomic E-state index is 12.4. The molecule has 4 heteroatoms. The molecule has 0 amide bonds. The topological polar surface area (TPSA) is 44.8 Å². The fraction of sp³-hybridized carbons (Fsp3) is 0.522. The Bertz CT molecular complexity index is 703. The Labute approximate surface area is 163 Å². The summed E-state index contributed by atoms with van der Waals surface area (Å²) in [5.41, 5.74) is 2.53. The first-order chi connectivity index (χ1) is 12.8. The lowest BCUT2D eigenvalue weighted by molar-refractivity contribution is -0.114. The van der Waals surface area contributed by atoms with E-state index in [1.54, 1.807) is 27.4 Å². The number of carbonyl (C=O) groups excluding carboxylic acids is 1. The summed E-state index contributed by atoms with van der Waals surface area (Å²) in [5, 5.41) is 0. The summed E-state index contributed by atoms with van der Waals surface area (Å²) in [4.78, 5) is 12.4. The zero-order valence-electron chi connectivity index (χ0n) is 17.4. The first kappa shape index (κ1) is 21.1. The molecule has 0 saturated heterocycles. The molecule has 1 aliphatic rings. The van der Waals surface area contributed by atoms with E-state index in [0.29, 0.717) is 29.6 Å². The monoisotopic (exact) mass is 372 g/mol. The van der Waals surface area contributed by atoms with Crippen molar-refractivity contribution < 1.29 is 19.0 Å². The molecule has 0 aliphatic heterocycles. The van der Waals surface area contributed by atoms with Crippen LogP contribution in [0.25, 0.3) is 6.08 Å². The largest absolute Gasteiger partial charge is 0.493 e. The van der Waals surface area contributed by atoms with Crippen LogP contribution in [0.4, 0.5) is 0 Å². The fourth-order valence-electron chi connectivity index (χ4n) is 3.98. The molecular weight excluding hydrogens is 340 g/mol. The Morgan fingerprint density at radius 2 is 1.78 bits per heavy atom. The van der Waals surface area contributed by atoms with E-state index >= 15 is 0 Å². The van der Waals surface area contributed by atoms with Crippen LogP contribution in [0.2, 0.25) is 0 Å². The second-order valence-electron chi connectivity index (χ2n) is 7.82. The van der Waals surface area contributed by atoms with E-state index in [1.807, 2.05) is 18.2 Å². The number of carbonyl (C=O) groups is 1. The minimum absolute atomic E-state index is 0.137. The van der Waals surface area contributed by atoms with Crippen LogP contribution in [-0.4, -0.2) is 27.1 Å². The van der Waals surface area contributed by atoms with Crippen LogP contribution < -0.4 is 14.2 Å². The van der Waals surface area contributed by atoms with Crippen molar-refractivity contribution in [1.29, 1.82) is 0 Å². The summed E-state index contributed by atoms with van der Waals surface area (Å²) in [6, 6.07) is 3.67. The molecule has 0 heterocycles. The average molecular weight is 373 g/mol. The second-order valence-corrected chi connectivity index (χ2v) is 7.82. The Kier molecular flexibility index (Phi) is 7.11. The molecule has 0 saturated carbocycles. The smallest absolute Gasteiger partial charge is 0.203 e. The fourth-order valence-corrected chi connectivity index (χ4v) is 3.98. The van der Waals surface area contributed by atoms with Crippen LogP contribution in [-0.2, 0) is 4.79 Å².